The van der Waals surface area contributed by atoms with Crippen molar-refractivity contribution in [2.24, 2.45) is 0 Å². The number of halogens is 6. The molecule has 0 spiro atoms. The fourth-order valence-corrected chi connectivity index (χ4v) is 7.56. The zero-order valence-electron chi connectivity index (χ0n) is 25.7. The molecule has 1 aromatic heterocycles. The lowest BCUT2D eigenvalue weighted by Gasteiger charge is -2.38. The number of ether oxygens (including phenoxy) is 1. The third kappa shape index (κ3) is 7.91. The van der Waals surface area contributed by atoms with Crippen molar-refractivity contribution in [3.63, 3.8) is 0 Å². The summed E-state index contributed by atoms with van der Waals surface area (Å²) in [6.45, 7) is 1.76. The number of hydrogen-bond acceptors (Lipinski definition) is 7. The summed E-state index contributed by atoms with van der Waals surface area (Å²) in [5.41, 5.74) is 2.89. The van der Waals surface area contributed by atoms with Crippen LogP contribution in [0.25, 0.3) is 0 Å². The average Bonchev–Trinajstić information content (AvgIpc) is 3.68. The number of nitrogen functional groups attached to an aromatic ring is 1. The van der Waals surface area contributed by atoms with E-state index in [0.29, 0.717) is 43.0 Å². The Bertz CT molecular complexity index is 1520. The minimum Gasteiger partial charge on any atom is -0.465 e. The molecule has 47 heavy (non-hydrogen) atoms. The van der Waals surface area contributed by atoms with Crippen LogP contribution in [-0.2, 0) is 38.6 Å². The Labute approximate surface area is 272 Å². The van der Waals surface area contributed by atoms with E-state index in [2.05, 4.69) is 22.0 Å². The van der Waals surface area contributed by atoms with E-state index in [0.717, 1.165) is 42.2 Å². The van der Waals surface area contributed by atoms with E-state index in [1.54, 1.807) is 12.3 Å². The number of anilines is 1. The van der Waals surface area contributed by atoms with Gasteiger partial charge in [0.15, 0.2) is 5.13 Å². The van der Waals surface area contributed by atoms with E-state index in [4.69, 9.17) is 10.5 Å². The van der Waals surface area contributed by atoms with Crippen LogP contribution in [-0.4, -0.2) is 58.9 Å². The van der Waals surface area contributed by atoms with Crippen molar-refractivity contribution >= 4 is 28.3 Å². The first kappa shape index (κ1) is 34.7. The number of nitrogens with two attached hydrogens (primary N) is 1. The number of esters is 1. The van der Waals surface area contributed by atoms with Gasteiger partial charge in [0.2, 0.25) is 5.91 Å². The molecule has 2 aromatic carbocycles. The fraction of sp³-hybridized carbons (Fsp3) is 0.485. The van der Waals surface area contributed by atoms with Crippen LogP contribution < -0.4 is 5.73 Å². The van der Waals surface area contributed by atoms with Gasteiger partial charge in [0, 0.05) is 18.0 Å². The number of rotatable bonds is 9. The highest BCUT2D eigenvalue weighted by Crippen LogP contribution is 2.46. The summed E-state index contributed by atoms with van der Waals surface area (Å²) in [7, 11) is 0. The summed E-state index contributed by atoms with van der Waals surface area (Å²) in [4.78, 5) is 35.1. The first-order chi connectivity index (χ1) is 22.2. The molecule has 1 saturated heterocycles. The van der Waals surface area contributed by atoms with E-state index >= 15 is 0 Å². The van der Waals surface area contributed by atoms with Crippen LogP contribution in [0.15, 0.2) is 53.9 Å². The fourth-order valence-electron chi connectivity index (χ4n) is 6.89. The van der Waals surface area contributed by atoms with Crippen molar-refractivity contribution < 1.29 is 40.7 Å². The average molecular weight is 683 g/mol. The highest BCUT2D eigenvalue weighted by Gasteiger charge is 2.52. The number of benzene rings is 2. The second-order valence-corrected chi connectivity index (χ2v) is 13.0. The topological polar surface area (TPSA) is 88.8 Å². The molecule has 2 fully saturated rings. The molecule has 2 heterocycles. The summed E-state index contributed by atoms with van der Waals surface area (Å²) >= 11 is 1.13. The molecule has 2 N–H and O–H groups in total. The Morgan fingerprint density at radius 3 is 2.21 bits per heavy atom. The van der Waals surface area contributed by atoms with Gasteiger partial charge >= 0.3 is 18.3 Å². The normalized spacial score (nSPS) is 21.1. The van der Waals surface area contributed by atoms with Gasteiger partial charge in [0.05, 0.1) is 28.8 Å². The Balaban J connectivity index is 1.45. The first-order valence-corrected chi connectivity index (χ1v) is 16.3. The number of amides is 1. The Kier molecular flexibility index (Phi) is 10.2. The highest BCUT2D eigenvalue weighted by atomic mass is 32.1. The zero-order chi connectivity index (χ0) is 34.0. The molecule has 2 aliphatic rings. The molecule has 1 saturated carbocycles. The maximum atomic E-state index is 14.6. The van der Waals surface area contributed by atoms with Crippen LogP contribution in [0.1, 0.15) is 72.9 Å². The minimum atomic E-state index is -5.07. The van der Waals surface area contributed by atoms with E-state index in [1.165, 1.54) is 5.56 Å². The predicted molar refractivity (Wildman–Crippen MR) is 164 cm³/mol. The molecule has 5 rings (SSSR count). The van der Waals surface area contributed by atoms with E-state index < -0.39 is 59.4 Å². The van der Waals surface area contributed by atoms with Crippen molar-refractivity contribution in [1.29, 1.82) is 0 Å². The largest absolute Gasteiger partial charge is 0.465 e. The predicted octanol–water partition coefficient (Wildman–Crippen LogP) is 7.02. The van der Waals surface area contributed by atoms with E-state index in [-0.39, 0.29) is 23.8 Å². The molecule has 7 nitrogen and oxygen atoms in total. The monoisotopic (exact) mass is 682 g/mol. The van der Waals surface area contributed by atoms with Gasteiger partial charge in [-0.25, -0.2) is 4.98 Å². The van der Waals surface area contributed by atoms with Gasteiger partial charge < -0.3 is 20.3 Å². The number of carbonyl (C=O) groups is 2. The third-order valence-corrected chi connectivity index (χ3v) is 9.83. The van der Waals surface area contributed by atoms with Crippen molar-refractivity contribution in [3.05, 3.63) is 81.9 Å². The highest BCUT2D eigenvalue weighted by molar-refractivity contribution is 7.13. The molecule has 1 aliphatic heterocycles. The molecule has 1 amide bonds. The molecule has 14 heteroatoms. The van der Waals surface area contributed by atoms with E-state index in [1.807, 2.05) is 18.2 Å². The number of aromatic nitrogens is 1. The molecule has 0 radical (unpaired) electrons. The number of likely N-dealkylation sites (tertiary alicyclic amines) is 1. The smallest absolute Gasteiger partial charge is 0.416 e. The van der Waals surface area contributed by atoms with Crippen molar-refractivity contribution in [2.75, 3.05) is 32.0 Å². The maximum Gasteiger partial charge on any atom is 0.416 e. The standard InChI is InChI=1S/C33H36F6N4O3S/c1-2-46-28(44)19-43(18-21-14-24(32(34,35)36)16-25(15-21)33(37,38)39)29(45)31(27-20-47-30(40)41-27)11-8-26(17-31)42-12-9-23(10-13-42)22-6-4-3-5-7-22/h3-7,14-16,20,23,26H,2,8-13,17-19H2,1H3,(H2,40,41). The van der Waals surface area contributed by atoms with Crippen molar-refractivity contribution in [1.82, 2.24) is 14.8 Å². The Hall–Kier alpha value is -3.65. The lowest BCUT2D eigenvalue weighted by molar-refractivity contribution is -0.151. The first-order valence-electron chi connectivity index (χ1n) is 15.4. The maximum absolute atomic E-state index is 14.6. The number of hydrogen-bond donors (Lipinski definition) is 1. The van der Waals surface area contributed by atoms with Gasteiger partial charge in [0.1, 0.15) is 6.54 Å². The van der Waals surface area contributed by atoms with Crippen LogP contribution >= 0.6 is 11.3 Å². The lowest BCUT2D eigenvalue weighted by Crippen LogP contribution is -2.49. The van der Waals surface area contributed by atoms with Gasteiger partial charge in [-0.1, -0.05) is 30.3 Å². The summed E-state index contributed by atoms with van der Waals surface area (Å²) < 4.78 is 87.1. The SMILES string of the molecule is CCOC(=O)CN(Cc1cc(C(F)(F)F)cc(C(F)(F)F)c1)C(=O)C1(c2csc(N)n2)CCC(N2CCC(c3ccccc3)CC2)C1. The Morgan fingerprint density at radius 2 is 1.66 bits per heavy atom. The zero-order valence-corrected chi connectivity index (χ0v) is 26.6. The van der Waals surface area contributed by atoms with Crippen LogP contribution in [0.2, 0.25) is 0 Å². The third-order valence-electron chi connectivity index (χ3n) is 9.16. The Morgan fingerprint density at radius 1 is 1.02 bits per heavy atom. The quantitative estimate of drug-likeness (QED) is 0.193. The molecule has 3 aromatic rings. The van der Waals surface area contributed by atoms with Gasteiger partial charge in [-0.2, -0.15) is 26.3 Å². The number of carbonyl (C=O) groups excluding carboxylic acids is 2. The summed E-state index contributed by atoms with van der Waals surface area (Å²) in [5.74, 6) is -1.05. The van der Waals surface area contributed by atoms with Crippen LogP contribution in [0, 0.1) is 0 Å². The van der Waals surface area contributed by atoms with Gasteiger partial charge in [-0.05, 0) is 87.4 Å². The van der Waals surface area contributed by atoms with Crippen molar-refractivity contribution in [3.8, 4) is 0 Å². The van der Waals surface area contributed by atoms with Crippen molar-refractivity contribution in [2.45, 2.75) is 75.3 Å². The summed E-state index contributed by atoms with van der Waals surface area (Å²) in [5, 5.41) is 1.87. The van der Waals surface area contributed by atoms with Gasteiger partial charge in [-0.15, -0.1) is 11.3 Å². The van der Waals surface area contributed by atoms with Crippen LogP contribution in [0.5, 0.6) is 0 Å². The van der Waals surface area contributed by atoms with Crippen LogP contribution in [0.3, 0.4) is 0 Å². The van der Waals surface area contributed by atoms with Gasteiger partial charge in [0.25, 0.3) is 0 Å². The molecular weight excluding hydrogens is 646 g/mol. The summed E-state index contributed by atoms with van der Waals surface area (Å²) in [6.07, 6.45) is -7.06. The number of alkyl halides is 6. The molecule has 2 atom stereocenters. The van der Waals surface area contributed by atoms with Crippen LogP contribution in [0.4, 0.5) is 31.5 Å². The molecule has 2 unspecified atom stereocenters. The summed E-state index contributed by atoms with van der Waals surface area (Å²) in [6, 6.07) is 11.4. The minimum absolute atomic E-state index is 0.0303. The number of nitrogens with zero attached hydrogens (tertiary/aromatic N) is 3. The molecule has 1 aliphatic carbocycles. The lowest BCUT2D eigenvalue weighted by atomic mass is 9.80. The molecule has 254 valence electrons. The van der Waals surface area contributed by atoms with E-state index in [9.17, 15) is 35.9 Å². The number of piperidine rings is 1. The van der Waals surface area contributed by atoms with Gasteiger partial charge in [-0.3, -0.25) is 9.59 Å². The second kappa shape index (κ2) is 13.8. The molecule has 0 bridgehead atoms. The molecular formula is C33H36F6N4O3S. The second-order valence-electron chi connectivity index (χ2n) is 12.2. The number of thiazole rings is 1.